The molecule has 3 rings (SSSR count). The number of benzene rings is 2. The number of hydrogen-bond donors (Lipinski definition) is 1. The third kappa shape index (κ3) is 5.24. The Kier molecular flexibility index (Phi) is 6.03. The molecule has 0 aliphatic rings. The van der Waals surface area contributed by atoms with E-state index in [9.17, 15) is 13.2 Å². The molecule has 7 heteroatoms. The molecule has 0 fully saturated rings. The second-order valence-corrected chi connectivity index (χ2v) is 9.15. The number of sulfone groups is 1. The minimum atomic E-state index is -3.36. The summed E-state index contributed by atoms with van der Waals surface area (Å²) < 4.78 is 24.4. The summed E-state index contributed by atoms with van der Waals surface area (Å²) in [5.41, 5.74) is 2.97. The maximum Gasteiger partial charge on any atom is 0.226 e. The number of hydrogen-bond acceptors (Lipinski definition) is 5. The molecule has 3 aromatic rings. The van der Waals surface area contributed by atoms with Crippen molar-refractivity contribution in [3.8, 4) is 11.3 Å². The summed E-state index contributed by atoms with van der Waals surface area (Å²) in [6.45, 7) is 2.02. The number of anilines is 1. The van der Waals surface area contributed by atoms with Gasteiger partial charge in [0.15, 0.2) is 15.0 Å². The summed E-state index contributed by atoms with van der Waals surface area (Å²) in [6, 6.07) is 16.3. The molecule has 1 N–H and O–H groups in total. The van der Waals surface area contributed by atoms with Crippen molar-refractivity contribution in [2.45, 2.75) is 24.7 Å². The maximum atomic E-state index is 12.2. The van der Waals surface area contributed by atoms with Gasteiger partial charge in [0.1, 0.15) is 0 Å². The lowest BCUT2D eigenvalue weighted by Crippen LogP contribution is -2.14. The van der Waals surface area contributed by atoms with Gasteiger partial charge >= 0.3 is 0 Å². The van der Waals surface area contributed by atoms with Crippen molar-refractivity contribution in [3.63, 3.8) is 0 Å². The number of carbonyl (C=O) groups is 1. The Labute approximate surface area is 163 Å². The van der Waals surface area contributed by atoms with Gasteiger partial charge in [-0.3, -0.25) is 4.79 Å². The summed E-state index contributed by atoms with van der Waals surface area (Å²) >= 11 is 1.35. The van der Waals surface area contributed by atoms with E-state index in [0.29, 0.717) is 5.13 Å². The average Bonchev–Trinajstić information content (AvgIpc) is 3.11. The van der Waals surface area contributed by atoms with Crippen LogP contribution in [0.1, 0.15) is 18.4 Å². The molecule has 0 radical (unpaired) electrons. The van der Waals surface area contributed by atoms with Gasteiger partial charge in [0.05, 0.1) is 16.3 Å². The molecular formula is C20H20N2O3S2. The van der Waals surface area contributed by atoms with E-state index in [1.165, 1.54) is 16.9 Å². The highest BCUT2D eigenvalue weighted by Gasteiger charge is 2.15. The summed E-state index contributed by atoms with van der Waals surface area (Å²) in [4.78, 5) is 16.8. The number of carbonyl (C=O) groups excluding carboxylic acids is 1. The lowest BCUT2D eigenvalue weighted by Gasteiger charge is -2.04. The SMILES string of the molecule is Cc1ccc(-c2csc(NC(=O)CCCS(=O)(=O)c3ccccc3)n2)cc1. The first-order valence-corrected chi connectivity index (χ1v) is 11.1. The van der Waals surface area contributed by atoms with E-state index in [0.717, 1.165) is 11.3 Å². The third-order valence-corrected chi connectivity index (χ3v) is 6.59. The summed E-state index contributed by atoms with van der Waals surface area (Å²) in [6.07, 6.45) is 0.394. The van der Waals surface area contributed by atoms with Crippen LogP contribution in [-0.4, -0.2) is 25.1 Å². The molecule has 1 amide bonds. The summed E-state index contributed by atoms with van der Waals surface area (Å²) in [7, 11) is -3.36. The number of thiazole rings is 1. The van der Waals surface area contributed by atoms with Crippen LogP contribution in [0.2, 0.25) is 0 Å². The van der Waals surface area contributed by atoms with Crippen LogP contribution in [0.25, 0.3) is 11.3 Å². The van der Waals surface area contributed by atoms with Gasteiger partial charge in [0, 0.05) is 17.4 Å². The van der Waals surface area contributed by atoms with Gasteiger partial charge < -0.3 is 5.32 Å². The summed E-state index contributed by atoms with van der Waals surface area (Å²) in [5.74, 6) is -0.292. The van der Waals surface area contributed by atoms with Crippen LogP contribution in [0.5, 0.6) is 0 Å². The molecule has 0 saturated carbocycles. The van der Waals surface area contributed by atoms with Gasteiger partial charge in [-0.15, -0.1) is 11.3 Å². The van der Waals surface area contributed by atoms with Crippen LogP contribution in [0.3, 0.4) is 0 Å². The van der Waals surface area contributed by atoms with Crippen molar-refractivity contribution in [2.75, 3.05) is 11.1 Å². The topological polar surface area (TPSA) is 76.1 Å². The van der Waals surface area contributed by atoms with E-state index in [-0.39, 0.29) is 29.4 Å². The maximum absolute atomic E-state index is 12.2. The fraction of sp³-hybridized carbons (Fsp3) is 0.200. The fourth-order valence-electron chi connectivity index (χ4n) is 2.54. The van der Waals surface area contributed by atoms with Gasteiger partial charge in [-0.25, -0.2) is 13.4 Å². The lowest BCUT2D eigenvalue weighted by atomic mass is 10.1. The zero-order valence-electron chi connectivity index (χ0n) is 14.9. The van der Waals surface area contributed by atoms with Crippen molar-refractivity contribution >= 4 is 32.2 Å². The zero-order valence-corrected chi connectivity index (χ0v) is 16.5. The molecule has 140 valence electrons. The Balaban J connectivity index is 1.52. The number of rotatable bonds is 7. The number of aromatic nitrogens is 1. The Bertz CT molecular complexity index is 1010. The van der Waals surface area contributed by atoms with E-state index < -0.39 is 9.84 Å². The van der Waals surface area contributed by atoms with Gasteiger partial charge in [-0.05, 0) is 25.5 Å². The Hall–Kier alpha value is -2.51. The first-order valence-electron chi connectivity index (χ1n) is 8.54. The monoisotopic (exact) mass is 400 g/mol. The second kappa shape index (κ2) is 8.45. The Morgan fingerprint density at radius 1 is 1.07 bits per heavy atom. The minimum Gasteiger partial charge on any atom is -0.302 e. The van der Waals surface area contributed by atoms with E-state index in [1.54, 1.807) is 30.3 Å². The Morgan fingerprint density at radius 2 is 1.78 bits per heavy atom. The molecule has 5 nitrogen and oxygen atoms in total. The van der Waals surface area contributed by atoms with Crippen LogP contribution in [0.15, 0.2) is 64.9 Å². The van der Waals surface area contributed by atoms with Crippen molar-refractivity contribution in [1.82, 2.24) is 4.98 Å². The van der Waals surface area contributed by atoms with Gasteiger partial charge in [0.25, 0.3) is 0 Å². The first kappa shape index (κ1) is 19.3. The van der Waals surface area contributed by atoms with Gasteiger partial charge in [-0.1, -0.05) is 48.0 Å². The van der Waals surface area contributed by atoms with Gasteiger partial charge in [0.2, 0.25) is 5.91 Å². The zero-order chi connectivity index (χ0) is 19.3. The molecule has 0 saturated heterocycles. The number of amides is 1. The average molecular weight is 401 g/mol. The van der Waals surface area contributed by atoms with Crippen molar-refractivity contribution in [2.24, 2.45) is 0 Å². The Morgan fingerprint density at radius 3 is 2.48 bits per heavy atom. The number of aryl methyl sites for hydroxylation is 1. The fourth-order valence-corrected chi connectivity index (χ4v) is 4.61. The summed E-state index contributed by atoms with van der Waals surface area (Å²) in [5, 5.41) is 5.15. The molecule has 0 bridgehead atoms. The van der Waals surface area contributed by atoms with Crippen LogP contribution in [-0.2, 0) is 14.6 Å². The highest BCUT2D eigenvalue weighted by atomic mass is 32.2. The molecule has 0 spiro atoms. The number of nitrogens with zero attached hydrogens (tertiary/aromatic N) is 1. The standard InChI is InChI=1S/C20H20N2O3S2/c1-15-9-11-16(12-10-15)18-14-26-20(21-18)22-19(23)8-5-13-27(24,25)17-6-3-2-4-7-17/h2-4,6-7,9-12,14H,5,8,13H2,1H3,(H,21,22,23). The van der Waals surface area contributed by atoms with E-state index >= 15 is 0 Å². The van der Waals surface area contributed by atoms with Crippen molar-refractivity contribution in [1.29, 1.82) is 0 Å². The predicted molar refractivity (Wildman–Crippen MR) is 109 cm³/mol. The number of nitrogens with one attached hydrogen (secondary N) is 1. The molecule has 0 aliphatic heterocycles. The molecule has 1 aromatic heterocycles. The van der Waals surface area contributed by atoms with Crippen LogP contribution >= 0.6 is 11.3 Å². The molecule has 0 atom stereocenters. The molecule has 2 aromatic carbocycles. The highest BCUT2D eigenvalue weighted by Crippen LogP contribution is 2.25. The van der Waals surface area contributed by atoms with Crippen LogP contribution in [0.4, 0.5) is 5.13 Å². The van der Waals surface area contributed by atoms with E-state index in [1.807, 2.05) is 36.6 Å². The van der Waals surface area contributed by atoms with E-state index in [2.05, 4.69) is 10.3 Å². The molecule has 27 heavy (non-hydrogen) atoms. The lowest BCUT2D eigenvalue weighted by molar-refractivity contribution is -0.116. The van der Waals surface area contributed by atoms with Crippen molar-refractivity contribution < 1.29 is 13.2 Å². The quantitative estimate of drug-likeness (QED) is 0.641. The third-order valence-electron chi connectivity index (χ3n) is 4.02. The predicted octanol–water partition coefficient (Wildman–Crippen LogP) is 4.31. The normalized spacial score (nSPS) is 11.3. The molecule has 1 heterocycles. The largest absolute Gasteiger partial charge is 0.302 e. The van der Waals surface area contributed by atoms with Crippen LogP contribution in [0, 0.1) is 6.92 Å². The van der Waals surface area contributed by atoms with Crippen LogP contribution < -0.4 is 5.32 Å². The second-order valence-electron chi connectivity index (χ2n) is 6.19. The van der Waals surface area contributed by atoms with Crippen molar-refractivity contribution in [3.05, 3.63) is 65.5 Å². The minimum absolute atomic E-state index is 0.0586. The molecular weight excluding hydrogens is 380 g/mol. The molecule has 0 aliphatic carbocycles. The van der Waals surface area contributed by atoms with Gasteiger partial charge in [-0.2, -0.15) is 0 Å². The highest BCUT2D eigenvalue weighted by molar-refractivity contribution is 7.91. The first-order chi connectivity index (χ1) is 12.9. The van der Waals surface area contributed by atoms with E-state index in [4.69, 9.17) is 0 Å². The molecule has 0 unspecified atom stereocenters. The smallest absolute Gasteiger partial charge is 0.226 e.